The monoisotopic (exact) mass is 255 g/mol. The van der Waals surface area contributed by atoms with Crippen molar-refractivity contribution in [3.8, 4) is 0 Å². The topological polar surface area (TPSA) is 105 Å². The lowest BCUT2D eigenvalue weighted by Crippen LogP contribution is -2.39. The van der Waals surface area contributed by atoms with Crippen LogP contribution in [-0.2, 0) is 10.8 Å². The average molecular weight is 255 g/mol. The highest BCUT2D eigenvalue weighted by atomic mass is 32.2. The summed E-state index contributed by atoms with van der Waals surface area (Å²) < 4.78 is 11.3. The smallest absolute Gasteiger partial charge is 0.192 e. The van der Waals surface area contributed by atoms with Crippen LogP contribution in [-0.4, -0.2) is 49.8 Å². The molecule has 1 saturated heterocycles. The SMILES string of the molecule is NC(=NO)c1nccnc1N1CCS(=O)CC1. The Hall–Kier alpha value is -1.70. The van der Waals surface area contributed by atoms with Crippen LogP contribution in [0.1, 0.15) is 5.69 Å². The summed E-state index contributed by atoms with van der Waals surface area (Å²) in [5, 5.41) is 11.6. The van der Waals surface area contributed by atoms with Gasteiger partial charge in [0.1, 0.15) is 0 Å². The molecule has 8 heteroatoms. The van der Waals surface area contributed by atoms with Crippen LogP contribution in [0.5, 0.6) is 0 Å². The van der Waals surface area contributed by atoms with Crippen LogP contribution in [0.4, 0.5) is 5.82 Å². The predicted molar refractivity (Wildman–Crippen MR) is 64.6 cm³/mol. The number of rotatable bonds is 2. The maximum Gasteiger partial charge on any atom is 0.192 e. The van der Waals surface area contributed by atoms with E-state index in [2.05, 4.69) is 15.1 Å². The Labute approximate surface area is 101 Å². The fourth-order valence-corrected chi connectivity index (χ4v) is 2.69. The summed E-state index contributed by atoms with van der Waals surface area (Å²) in [4.78, 5) is 10.2. The van der Waals surface area contributed by atoms with Crippen molar-refractivity contribution in [1.29, 1.82) is 0 Å². The molecule has 1 aliphatic heterocycles. The number of amidine groups is 1. The first-order chi connectivity index (χ1) is 8.22. The van der Waals surface area contributed by atoms with E-state index in [1.54, 1.807) is 6.20 Å². The molecule has 0 radical (unpaired) electrons. The van der Waals surface area contributed by atoms with Crippen LogP contribution < -0.4 is 10.6 Å². The minimum atomic E-state index is -0.754. The van der Waals surface area contributed by atoms with Crippen LogP contribution in [0.3, 0.4) is 0 Å². The second-order valence-electron chi connectivity index (χ2n) is 3.55. The molecule has 17 heavy (non-hydrogen) atoms. The van der Waals surface area contributed by atoms with Crippen LogP contribution >= 0.6 is 0 Å². The number of nitrogens with zero attached hydrogens (tertiary/aromatic N) is 4. The minimum Gasteiger partial charge on any atom is -0.409 e. The molecule has 7 nitrogen and oxygen atoms in total. The molecule has 0 amide bonds. The summed E-state index contributed by atoms with van der Waals surface area (Å²) >= 11 is 0. The molecule has 0 aromatic carbocycles. The largest absolute Gasteiger partial charge is 0.409 e. The highest BCUT2D eigenvalue weighted by Gasteiger charge is 2.21. The Morgan fingerprint density at radius 3 is 2.71 bits per heavy atom. The van der Waals surface area contributed by atoms with Crippen molar-refractivity contribution in [2.75, 3.05) is 29.5 Å². The third-order valence-electron chi connectivity index (χ3n) is 2.51. The molecular weight excluding hydrogens is 242 g/mol. The molecular formula is C9H13N5O2S. The summed E-state index contributed by atoms with van der Waals surface area (Å²) in [5.74, 6) is 1.71. The summed E-state index contributed by atoms with van der Waals surface area (Å²) in [6.45, 7) is 1.27. The molecule has 3 N–H and O–H groups in total. The van der Waals surface area contributed by atoms with Crippen molar-refractivity contribution >= 4 is 22.5 Å². The molecule has 1 aromatic heterocycles. The van der Waals surface area contributed by atoms with Gasteiger partial charge in [0.2, 0.25) is 0 Å². The summed E-state index contributed by atoms with van der Waals surface area (Å²) in [5.41, 5.74) is 5.89. The lowest BCUT2D eigenvalue weighted by atomic mass is 10.3. The average Bonchev–Trinajstić information content (AvgIpc) is 2.39. The zero-order valence-corrected chi connectivity index (χ0v) is 9.93. The van der Waals surface area contributed by atoms with Gasteiger partial charge in [-0.2, -0.15) is 0 Å². The Balaban J connectivity index is 2.29. The molecule has 0 aliphatic carbocycles. The summed E-state index contributed by atoms with van der Waals surface area (Å²) in [6, 6.07) is 0. The molecule has 0 spiro atoms. The Morgan fingerprint density at radius 2 is 2.06 bits per heavy atom. The van der Waals surface area contributed by atoms with Crippen molar-refractivity contribution in [2.45, 2.75) is 0 Å². The van der Waals surface area contributed by atoms with Gasteiger partial charge in [-0.25, -0.2) is 9.97 Å². The number of hydrogen-bond donors (Lipinski definition) is 2. The Morgan fingerprint density at radius 1 is 1.41 bits per heavy atom. The van der Waals surface area contributed by atoms with Gasteiger partial charge >= 0.3 is 0 Å². The zero-order valence-electron chi connectivity index (χ0n) is 9.11. The first-order valence-corrected chi connectivity index (χ1v) is 6.60. The van der Waals surface area contributed by atoms with Gasteiger partial charge in [0.25, 0.3) is 0 Å². The van der Waals surface area contributed by atoms with E-state index in [4.69, 9.17) is 10.9 Å². The fraction of sp³-hybridized carbons (Fsp3) is 0.444. The maximum atomic E-state index is 11.3. The third-order valence-corrected chi connectivity index (χ3v) is 3.78. The molecule has 0 bridgehead atoms. The van der Waals surface area contributed by atoms with Gasteiger partial charge in [0.05, 0.1) is 0 Å². The van der Waals surface area contributed by atoms with Crippen LogP contribution in [0.2, 0.25) is 0 Å². The van der Waals surface area contributed by atoms with Crippen LogP contribution in [0.25, 0.3) is 0 Å². The number of anilines is 1. The predicted octanol–water partition coefficient (Wildman–Crippen LogP) is -0.860. The van der Waals surface area contributed by atoms with Gasteiger partial charge in [-0.05, 0) is 0 Å². The molecule has 1 aromatic rings. The number of oxime groups is 1. The second-order valence-corrected chi connectivity index (χ2v) is 5.25. The van der Waals surface area contributed by atoms with E-state index in [1.807, 2.05) is 4.90 Å². The molecule has 2 rings (SSSR count). The van der Waals surface area contributed by atoms with Crippen molar-refractivity contribution < 1.29 is 9.42 Å². The Bertz CT molecular complexity index is 454. The molecule has 0 atom stereocenters. The first-order valence-electron chi connectivity index (χ1n) is 5.11. The minimum absolute atomic E-state index is 0.0696. The van der Waals surface area contributed by atoms with Gasteiger partial charge in [-0.3, -0.25) is 4.21 Å². The first kappa shape index (κ1) is 11.8. The van der Waals surface area contributed by atoms with Crippen LogP contribution in [0, 0.1) is 0 Å². The van der Waals surface area contributed by atoms with Crippen molar-refractivity contribution in [1.82, 2.24) is 9.97 Å². The van der Waals surface area contributed by atoms with E-state index in [9.17, 15) is 4.21 Å². The molecule has 92 valence electrons. The number of nitrogens with two attached hydrogens (primary N) is 1. The van der Waals surface area contributed by atoms with E-state index < -0.39 is 10.8 Å². The van der Waals surface area contributed by atoms with Gasteiger partial charge in [0, 0.05) is 47.8 Å². The molecule has 1 aliphatic rings. The van der Waals surface area contributed by atoms with Crippen molar-refractivity contribution in [2.24, 2.45) is 10.9 Å². The second kappa shape index (κ2) is 5.09. The number of aromatic nitrogens is 2. The third kappa shape index (κ3) is 2.52. The zero-order chi connectivity index (χ0) is 12.3. The maximum absolute atomic E-state index is 11.3. The van der Waals surface area contributed by atoms with Gasteiger partial charge in [-0.1, -0.05) is 5.16 Å². The number of hydrogen-bond acceptors (Lipinski definition) is 6. The van der Waals surface area contributed by atoms with Crippen molar-refractivity contribution in [3.63, 3.8) is 0 Å². The standard InChI is InChI=1S/C9H13N5O2S/c10-8(13-15)7-9(12-2-1-11-7)14-3-5-17(16)6-4-14/h1-2,15H,3-6H2,(H2,10,13). The molecule has 0 unspecified atom stereocenters. The molecule has 1 fully saturated rings. The van der Waals surface area contributed by atoms with E-state index in [1.165, 1.54) is 6.20 Å². The van der Waals surface area contributed by atoms with Crippen molar-refractivity contribution in [3.05, 3.63) is 18.1 Å². The van der Waals surface area contributed by atoms with E-state index in [0.29, 0.717) is 36.1 Å². The van der Waals surface area contributed by atoms with E-state index in [-0.39, 0.29) is 5.84 Å². The summed E-state index contributed by atoms with van der Waals surface area (Å²) in [6.07, 6.45) is 3.04. The van der Waals surface area contributed by atoms with Gasteiger partial charge in [-0.15, -0.1) is 0 Å². The molecule has 2 heterocycles. The normalized spacial score (nSPS) is 18.4. The van der Waals surface area contributed by atoms with E-state index in [0.717, 1.165) is 0 Å². The Kier molecular flexibility index (Phi) is 3.52. The highest BCUT2D eigenvalue weighted by molar-refractivity contribution is 7.85. The quantitative estimate of drug-likeness (QED) is 0.308. The lowest BCUT2D eigenvalue weighted by molar-refractivity contribution is 0.318. The van der Waals surface area contributed by atoms with E-state index >= 15 is 0 Å². The highest BCUT2D eigenvalue weighted by Crippen LogP contribution is 2.16. The molecule has 0 saturated carbocycles. The van der Waals surface area contributed by atoms with Gasteiger partial charge < -0.3 is 15.8 Å². The van der Waals surface area contributed by atoms with Crippen LogP contribution in [0.15, 0.2) is 17.5 Å². The summed E-state index contributed by atoms with van der Waals surface area (Å²) in [7, 11) is -0.754. The van der Waals surface area contributed by atoms with Gasteiger partial charge in [0.15, 0.2) is 17.3 Å². The lowest BCUT2D eigenvalue weighted by Gasteiger charge is -2.28. The fourth-order valence-electron chi connectivity index (χ4n) is 1.64.